The summed E-state index contributed by atoms with van der Waals surface area (Å²) in [4.78, 5) is 21.1. The van der Waals surface area contributed by atoms with Crippen LogP contribution in [0, 0.1) is 5.92 Å². The molecule has 1 aromatic carbocycles. The molecule has 3 fully saturated rings. The molecule has 2 aliphatic heterocycles. The summed E-state index contributed by atoms with van der Waals surface area (Å²) in [7, 11) is -1.00. The molecular formula is C20H32ClN2O6P. The Balaban J connectivity index is 0.00000256. The maximum atomic E-state index is 11.5. The standard InChI is InChI=1S/C20H31N2O6P.ClH/c1-21-14-10-20-8-7-18(28-29(24,25)26)16(11-20)19(23)17(22(20)12-14)9-13-3-5-15(27-2)6-4-13;/h3-6,14,16-19,21,23H,7-12H2,1-2H3,(H2,24,25,26);1H. The monoisotopic (exact) mass is 462 g/mol. The predicted molar refractivity (Wildman–Crippen MR) is 115 cm³/mol. The zero-order valence-electron chi connectivity index (χ0n) is 17.3. The Morgan fingerprint density at radius 2 is 1.97 bits per heavy atom. The van der Waals surface area contributed by atoms with Crippen molar-refractivity contribution < 1.29 is 28.7 Å². The van der Waals surface area contributed by atoms with Crippen LogP contribution in [-0.2, 0) is 15.5 Å². The number of phosphoric ester groups is 1. The van der Waals surface area contributed by atoms with Crippen LogP contribution in [0.15, 0.2) is 24.3 Å². The quantitative estimate of drug-likeness (QED) is 0.473. The van der Waals surface area contributed by atoms with Crippen LogP contribution in [0.1, 0.15) is 31.2 Å². The average Bonchev–Trinajstić information content (AvgIpc) is 3.05. The molecule has 0 aromatic heterocycles. The number of aliphatic hydroxyl groups excluding tert-OH is 1. The van der Waals surface area contributed by atoms with E-state index in [1.807, 2.05) is 31.3 Å². The number of halogens is 1. The number of piperidine rings is 1. The molecule has 2 bridgehead atoms. The van der Waals surface area contributed by atoms with Gasteiger partial charge < -0.3 is 24.9 Å². The Morgan fingerprint density at radius 1 is 1.27 bits per heavy atom. The number of phosphoric acid groups is 1. The highest BCUT2D eigenvalue weighted by atomic mass is 35.5. The second-order valence-corrected chi connectivity index (χ2v) is 9.91. The first kappa shape index (κ1) is 24.0. The number of likely N-dealkylation sites (N-methyl/N-ethyl adjacent to an activating group) is 1. The van der Waals surface area contributed by atoms with Crippen LogP contribution in [0.25, 0.3) is 0 Å². The lowest BCUT2D eigenvalue weighted by Crippen LogP contribution is -2.66. The van der Waals surface area contributed by atoms with Gasteiger partial charge in [0.2, 0.25) is 0 Å². The Hall–Kier alpha value is -0.700. The van der Waals surface area contributed by atoms with Crippen molar-refractivity contribution in [3.63, 3.8) is 0 Å². The zero-order valence-corrected chi connectivity index (χ0v) is 19.0. The molecule has 1 aliphatic carbocycles. The first-order chi connectivity index (χ1) is 13.7. The second-order valence-electron chi connectivity index (χ2n) is 8.72. The molecule has 2 saturated heterocycles. The molecule has 1 spiro atoms. The number of methoxy groups -OCH3 is 1. The van der Waals surface area contributed by atoms with Gasteiger partial charge in [-0.05, 0) is 56.8 Å². The van der Waals surface area contributed by atoms with E-state index in [9.17, 15) is 19.5 Å². The van der Waals surface area contributed by atoms with Crippen LogP contribution in [0.2, 0.25) is 0 Å². The summed E-state index contributed by atoms with van der Waals surface area (Å²) in [5.74, 6) is 0.504. The Labute approximate surface area is 183 Å². The number of rotatable bonds is 6. The number of ether oxygens (including phenoxy) is 1. The molecule has 4 rings (SSSR count). The molecule has 6 unspecified atom stereocenters. The Bertz CT molecular complexity index is 777. The summed E-state index contributed by atoms with van der Waals surface area (Å²) in [6.07, 6.45) is 2.39. The Morgan fingerprint density at radius 3 is 2.57 bits per heavy atom. The van der Waals surface area contributed by atoms with Crippen LogP contribution < -0.4 is 10.1 Å². The van der Waals surface area contributed by atoms with E-state index in [0.717, 1.165) is 30.7 Å². The van der Waals surface area contributed by atoms with Gasteiger partial charge in [-0.2, -0.15) is 0 Å². The fourth-order valence-corrected chi connectivity index (χ4v) is 6.46. The minimum absolute atomic E-state index is 0. The lowest BCUT2D eigenvalue weighted by atomic mass is 9.65. The van der Waals surface area contributed by atoms with E-state index < -0.39 is 20.0 Å². The van der Waals surface area contributed by atoms with Gasteiger partial charge in [0.05, 0.1) is 19.3 Å². The number of hydrogen-bond donors (Lipinski definition) is 4. The molecule has 0 amide bonds. The molecule has 8 nitrogen and oxygen atoms in total. The largest absolute Gasteiger partial charge is 0.497 e. The number of fused-ring (bicyclic) bond motifs is 1. The highest BCUT2D eigenvalue weighted by Crippen LogP contribution is 2.54. The van der Waals surface area contributed by atoms with E-state index >= 15 is 0 Å². The topological polar surface area (TPSA) is 111 Å². The highest BCUT2D eigenvalue weighted by Gasteiger charge is 2.59. The fraction of sp³-hybridized carbons (Fsp3) is 0.700. The van der Waals surface area contributed by atoms with Crippen molar-refractivity contribution in [1.29, 1.82) is 0 Å². The normalized spacial score (nSPS) is 36.1. The smallest absolute Gasteiger partial charge is 0.469 e. The zero-order chi connectivity index (χ0) is 20.8. The molecule has 0 radical (unpaired) electrons. The number of aliphatic hydroxyl groups is 1. The van der Waals surface area contributed by atoms with Crippen LogP contribution >= 0.6 is 20.2 Å². The van der Waals surface area contributed by atoms with Gasteiger partial charge in [-0.15, -0.1) is 12.4 Å². The molecule has 170 valence electrons. The van der Waals surface area contributed by atoms with Crippen LogP contribution in [0.5, 0.6) is 5.75 Å². The van der Waals surface area contributed by atoms with Crippen molar-refractivity contribution in [3.05, 3.63) is 29.8 Å². The number of hydrogen-bond acceptors (Lipinski definition) is 6. The van der Waals surface area contributed by atoms with Gasteiger partial charge in [0, 0.05) is 30.1 Å². The second kappa shape index (κ2) is 9.04. The average molecular weight is 463 g/mol. The summed E-state index contributed by atoms with van der Waals surface area (Å²) in [5.41, 5.74) is 1.05. The summed E-state index contributed by atoms with van der Waals surface area (Å²) in [5, 5.41) is 14.7. The van der Waals surface area contributed by atoms with Crippen molar-refractivity contribution in [2.24, 2.45) is 5.92 Å². The third-order valence-corrected chi connectivity index (χ3v) is 7.70. The van der Waals surface area contributed by atoms with Crippen LogP contribution in [0.4, 0.5) is 0 Å². The lowest BCUT2D eigenvalue weighted by Gasteiger charge is -2.57. The first-order valence-electron chi connectivity index (χ1n) is 10.2. The van der Waals surface area contributed by atoms with E-state index in [-0.39, 0.29) is 29.9 Å². The predicted octanol–water partition coefficient (Wildman–Crippen LogP) is 1.71. The van der Waals surface area contributed by atoms with E-state index in [4.69, 9.17) is 9.26 Å². The number of nitrogens with one attached hydrogen (secondary N) is 1. The number of benzene rings is 1. The maximum absolute atomic E-state index is 11.5. The maximum Gasteiger partial charge on any atom is 0.469 e. The van der Waals surface area contributed by atoms with E-state index in [1.54, 1.807) is 7.11 Å². The van der Waals surface area contributed by atoms with Crippen molar-refractivity contribution >= 4 is 20.2 Å². The van der Waals surface area contributed by atoms with Gasteiger partial charge in [-0.25, -0.2) is 4.57 Å². The SMILES string of the molecule is CNC1CN2C(Cc3ccc(OC)cc3)C(O)C3CC2(CCC3OP(=O)(O)O)C1.Cl. The van der Waals surface area contributed by atoms with Gasteiger partial charge in [0.15, 0.2) is 0 Å². The lowest BCUT2D eigenvalue weighted by molar-refractivity contribution is -0.144. The molecule has 1 saturated carbocycles. The molecule has 1 aromatic rings. The summed E-state index contributed by atoms with van der Waals surface area (Å²) >= 11 is 0. The van der Waals surface area contributed by atoms with Crippen LogP contribution in [-0.4, -0.2) is 70.3 Å². The van der Waals surface area contributed by atoms with Gasteiger partial charge in [0.1, 0.15) is 5.75 Å². The number of nitrogens with zero attached hydrogens (tertiary/aromatic N) is 1. The third-order valence-electron chi connectivity index (χ3n) is 7.16. The summed E-state index contributed by atoms with van der Waals surface area (Å²) < 4.78 is 21.8. The molecule has 3 aliphatic rings. The minimum Gasteiger partial charge on any atom is -0.497 e. The Kier molecular flexibility index (Phi) is 7.22. The van der Waals surface area contributed by atoms with Gasteiger partial charge in [0.25, 0.3) is 0 Å². The van der Waals surface area contributed by atoms with E-state index in [2.05, 4.69) is 10.2 Å². The van der Waals surface area contributed by atoms with Crippen molar-refractivity contribution in [2.75, 3.05) is 20.7 Å². The molecule has 10 heteroatoms. The molecule has 6 atom stereocenters. The van der Waals surface area contributed by atoms with Crippen molar-refractivity contribution in [1.82, 2.24) is 10.2 Å². The molecule has 4 N–H and O–H groups in total. The summed E-state index contributed by atoms with van der Waals surface area (Å²) in [6, 6.07) is 8.08. The van der Waals surface area contributed by atoms with Crippen molar-refractivity contribution in [3.8, 4) is 5.75 Å². The molecule has 2 heterocycles. The highest BCUT2D eigenvalue weighted by molar-refractivity contribution is 7.46. The fourth-order valence-electron chi connectivity index (χ4n) is 5.85. The van der Waals surface area contributed by atoms with E-state index in [1.165, 1.54) is 0 Å². The van der Waals surface area contributed by atoms with Gasteiger partial charge >= 0.3 is 7.82 Å². The third kappa shape index (κ3) is 4.57. The molecular weight excluding hydrogens is 431 g/mol. The van der Waals surface area contributed by atoms with Gasteiger partial charge in [-0.1, -0.05) is 12.1 Å². The van der Waals surface area contributed by atoms with Crippen molar-refractivity contribution in [2.45, 2.75) is 61.9 Å². The van der Waals surface area contributed by atoms with Gasteiger partial charge in [-0.3, -0.25) is 9.42 Å². The first-order valence-corrected chi connectivity index (χ1v) is 11.8. The van der Waals surface area contributed by atoms with E-state index in [0.29, 0.717) is 25.3 Å². The van der Waals surface area contributed by atoms with Crippen LogP contribution in [0.3, 0.4) is 0 Å². The minimum atomic E-state index is -4.60. The molecule has 30 heavy (non-hydrogen) atoms. The summed E-state index contributed by atoms with van der Waals surface area (Å²) in [6.45, 7) is 0.866.